The van der Waals surface area contributed by atoms with Crippen molar-refractivity contribution in [1.29, 1.82) is 0 Å². The minimum absolute atomic E-state index is 0.109. The van der Waals surface area contributed by atoms with E-state index in [1.54, 1.807) is 7.11 Å². The summed E-state index contributed by atoms with van der Waals surface area (Å²) in [6.07, 6.45) is 2.02. The number of anilines is 1. The number of benzene rings is 2. The number of nitrogens with zero attached hydrogens (tertiary/aromatic N) is 3. The molecular formula is C29H32N4O4. The third-order valence-corrected chi connectivity index (χ3v) is 7.40. The van der Waals surface area contributed by atoms with Crippen molar-refractivity contribution in [1.82, 2.24) is 14.8 Å². The number of hydrogen-bond acceptors (Lipinski definition) is 7. The van der Waals surface area contributed by atoms with Crippen molar-refractivity contribution >= 4 is 11.7 Å². The van der Waals surface area contributed by atoms with Gasteiger partial charge < -0.3 is 19.5 Å². The minimum Gasteiger partial charge on any atom is -0.490 e. The van der Waals surface area contributed by atoms with Gasteiger partial charge in [0.15, 0.2) is 23.1 Å². The Morgan fingerprint density at radius 1 is 1.05 bits per heavy atom. The van der Waals surface area contributed by atoms with Crippen LogP contribution in [0.1, 0.15) is 73.5 Å². The van der Waals surface area contributed by atoms with E-state index in [4.69, 9.17) is 19.3 Å². The van der Waals surface area contributed by atoms with Crippen LogP contribution >= 0.6 is 0 Å². The van der Waals surface area contributed by atoms with Gasteiger partial charge in [0.05, 0.1) is 13.2 Å². The van der Waals surface area contributed by atoms with Crippen LogP contribution in [0.15, 0.2) is 53.7 Å². The molecule has 37 heavy (non-hydrogen) atoms. The molecule has 0 saturated carbocycles. The molecule has 0 radical (unpaired) electrons. The van der Waals surface area contributed by atoms with E-state index in [0.29, 0.717) is 49.7 Å². The molecule has 1 N–H and O–H groups in total. The van der Waals surface area contributed by atoms with E-state index < -0.39 is 6.04 Å². The summed E-state index contributed by atoms with van der Waals surface area (Å²) in [5, 5.41) is 8.16. The van der Waals surface area contributed by atoms with Crippen LogP contribution in [0.4, 0.5) is 5.95 Å². The molecule has 0 bridgehead atoms. The van der Waals surface area contributed by atoms with Gasteiger partial charge in [0.2, 0.25) is 5.95 Å². The fraction of sp³-hybridized carbons (Fsp3) is 0.414. The molecule has 1 aromatic heterocycles. The molecule has 6 rings (SSSR count). The summed E-state index contributed by atoms with van der Waals surface area (Å²) in [6, 6.07) is 14.2. The Hall–Kier alpha value is -3.65. The van der Waals surface area contributed by atoms with Gasteiger partial charge in [0.1, 0.15) is 12.6 Å². The van der Waals surface area contributed by atoms with Crippen LogP contribution in [0.2, 0.25) is 0 Å². The molecular weight excluding hydrogens is 468 g/mol. The van der Waals surface area contributed by atoms with E-state index in [1.807, 2.05) is 22.9 Å². The predicted molar refractivity (Wildman–Crippen MR) is 139 cm³/mol. The summed E-state index contributed by atoms with van der Waals surface area (Å²) < 4.78 is 18.9. The monoisotopic (exact) mass is 500 g/mol. The third-order valence-electron chi connectivity index (χ3n) is 7.40. The second-order valence-corrected chi connectivity index (χ2v) is 10.3. The van der Waals surface area contributed by atoms with Crippen molar-refractivity contribution < 1.29 is 19.0 Å². The molecule has 0 amide bonds. The fourth-order valence-electron chi connectivity index (χ4n) is 5.49. The van der Waals surface area contributed by atoms with Crippen molar-refractivity contribution in [2.75, 3.05) is 25.6 Å². The zero-order chi connectivity index (χ0) is 25.5. The molecule has 3 aromatic rings. The highest BCUT2D eigenvalue weighted by atomic mass is 16.5. The number of nitrogens with one attached hydrogen (secondary N) is 1. The number of rotatable bonds is 5. The SMILES string of the molecule is COCc1nc2n(n1)C(c1ccc3c(c1)OCCCO3)C1=C(CC(c3ccc(C(C)C)cc3)CC1=O)N2. The van der Waals surface area contributed by atoms with Gasteiger partial charge in [-0.2, -0.15) is 10.1 Å². The summed E-state index contributed by atoms with van der Waals surface area (Å²) in [5.74, 6) is 3.31. The molecule has 2 aliphatic heterocycles. The van der Waals surface area contributed by atoms with E-state index in [1.165, 1.54) is 11.1 Å². The Balaban J connectivity index is 1.41. The van der Waals surface area contributed by atoms with Gasteiger partial charge in [0, 0.05) is 31.2 Å². The maximum Gasteiger partial charge on any atom is 0.226 e. The number of carbonyl (C=O) groups excluding carboxylic acids is 1. The number of methoxy groups -OCH3 is 1. The van der Waals surface area contributed by atoms with Crippen LogP contribution in [-0.4, -0.2) is 40.9 Å². The van der Waals surface area contributed by atoms with Crippen LogP contribution in [0, 0.1) is 0 Å². The number of fused-ring (bicyclic) bond motifs is 2. The Bertz CT molecular complexity index is 1360. The Labute approximate surface area is 216 Å². The van der Waals surface area contributed by atoms with Gasteiger partial charge in [-0.1, -0.05) is 44.2 Å². The van der Waals surface area contributed by atoms with E-state index in [9.17, 15) is 4.79 Å². The summed E-state index contributed by atoms with van der Waals surface area (Å²) in [7, 11) is 1.62. The Morgan fingerprint density at radius 3 is 2.57 bits per heavy atom. The summed E-state index contributed by atoms with van der Waals surface area (Å²) in [5.41, 5.74) is 5.06. The minimum atomic E-state index is -0.404. The van der Waals surface area contributed by atoms with Crippen LogP contribution in [0.5, 0.6) is 11.5 Å². The van der Waals surface area contributed by atoms with Crippen LogP contribution < -0.4 is 14.8 Å². The molecule has 0 spiro atoms. The van der Waals surface area contributed by atoms with Crippen molar-refractivity contribution in [3.05, 3.63) is 76.2 Å². The quantitative estimate of drug-likeness (QED) is 0.520. The van der Waals surface area contributed by atoms with Crippen LogP contribution in [-0.2, 0) is 16.1 Å². The Morgan fingerprint density at radius 2 is 1.81 bits per heavy atom. The van der Waals surface area contributed by atoms with Gasteiger partial charge in [-0.3, -0.25) is 4.79 Å². The number of hydrogen-bond donors (Lipinski definition) is 1. The maximum atomic E-state index is 13.8. The lowest BCUT2D eigenvalue weighted by Gasteiger charge is -2.35. The fourth-order valence-corrected chi connectivity index (χ4v) is 5.49. The lowest BCUT2D eigenvalue weighted by Crippen LogP contribution is -2.33. The number of Topliss-reactive ketones (excluding diaryl/α,β-unsaturated/α-hetero) is 1. The number of ether oxygens (including phenoxy) is 3. The highest BCUT2D eigenvalue weighted by Gasteiger charge is 2.40. The first kappa shape index (κ1) is 23.7. The van der Waals surface area contributed by atoms with Crippen molar-refractivity contribution in [2.24, 2.45) is 0 Å². The third kappa shape index (κ3) is 4.39. The molecule has 3 aliphatic rings. The molecule has 0 fully saturated rings. The molecule has 1 aliphatic carbocycles. The average molecular weight is 501 g/mol. The van der Waals surface area contributed by atoms with E-state index >= 15 is 0 Å². The molecule has 3 heterocycles. The molecule has 2 aromatic carbocycles. The first-order chi connectivity index (χ1) is 18.0. The second kappa shape index (κ2) is 9.67. The maximum absolute atomic E-state index is 13.8. The second-order valence-electron chi connectivity index (χ2n) is 10.3. The first-order valence-corrected chi connectivity index (χ1v) is 13.0. The Kier molecular flexibility index (Phi) is 6.20. The van der Waals surface area contributed by atoms with Gasteiger partial charge >= 0.3 is 0 Å². The molecule has 2 atom stereocenters. The summed E-state index contributed by atoms with van der Waals surface area (Å²) in [6.45, 7) is 5.89. The molecule has 0 saturated heterocycles. The lowest BCUT2D eigenvalue weighted by atomic mass is 9.77. The number of carbonyl (C=O) groups is 1. The molecule has 8 nitrogen and oxygen atoms in total. The van der Waals surface area contributed by atoms with Gasteiger partial charge in [-0.25, -0.2) is 4.68 Å². The number of aromatic nitrogens is 3. The topological polar surface area (TPSA) is 87.5 Å². The van der Waals surface area contributed by atoms with Crippen LogP contribution in [0.25, 0.3) is 0 Å². The standard InChI is InChI=1S/C29H32N4O4/c1-17(2)18-5-7-19(8-6-18)21-13-22-27(23(34)14-21)28(33-29(30-22)31-26(32-33)16-35-3)20-9-10-24-25(15-20)37-12-4-11-36-24/h5-10,15,17,21,28H,4,11-14,16H2,1-3H3,(H,30,31,32). The van der Waals surface area contributed by atoms with Crippen molar-refractivity contribution in [3.8, 4) is 11.5 Å². The molecule has 8 heteroatoms. The van der Waals surface area contributed by atoms with Gasteiger partial charge in [-0.15, -0.1) is 0 Å². The normalized spacial score (nSPS) is 20.8. The highest BCUT2D eigenvalue weighted by Crippen LogP contribution is 2.45. The lowest BCUT2D eigenvalue weighted by molar-refractivity contribution is -0.116. The zero-order valence-corrected chi connectivity index (χ0v) is 21.5. The van der Waals surface area contributed by atoms with Gasteiger partial charge in [-0.05, 0) is 47.1 Å². The van der Waals surface area contributed by atoms with E-state index in [2.05, 4.69) is 48.4 Å². The smallest absolute Gasteiger partial charge is 0.226 e. The largest absolute Gasteiger partial charge is 0.490 e. The zero-order valence-electron chi connectivity index (χ0n) is 21.5. The highest BCUT2D eigenvalue weighted by molar-refractivity contribution is 6.00. The first-order valence-electron chi connectivity index (χ1n) is 13.0. The van der Waals surface area contributed by atoms with Gasteiger partial charge in [0.25, 0.3) is 0 Å². The van der Waals surface area contributed by atoms with Crippen LogP contribution in [0.3, 0.4) is 0 Å². The average Bonchev–Trinajstić information content (AvgIpc) is 3.14. The van der Waals surface area contributed by atoms with Crippen molar-refractivity contribution in [2.45, 2.75) is 57.6 Å². The molecule has 192 valence electrons. The van der Waals surface area contributed by atoms with E-state index in [0.717, 1.165) is 35.4 Å². The number of ketones is 1. The number of allylic oxidation sites excluding steroid dienone is 2. The molecule has 2 unspecified atom stereocenters. The summed E-state index contributed by atoms with van der Waals surface area (Å²) in [4.78, 5) is 18.5. The van der Waals surface area contributed by atoms with E-state index in [-0.39, 0.29) is 11.7 Å². The predicted octanol–water partition coefficient (Wildman–Crippen LogP) is 5.12. The van der Waals surface area contributed by atoms with Crippen molar-refractivity contribution in [3.63, 3.8) is 0 Å². The summed E-state index contributed by atoms with van der Waals surface area (Å²) >= 11 is 0.